The van der Waals surface area contributed by atoms with Gasteiger partial charge in [0.1, 0.15) is 11.5 Å². The Hall–Kier alpha value is -4.19. The van der Waals surface area contributed by atoms with Gasteiger partial charge in [-0.25, -0.2) is 0 Å². The molecule has 1 atom stereocenters. The summed E-state index contributed by atoms with van der Waals surface area (Å²) in [6.45, 7) is 4.25. The molecule has 6 nitrogen and oxygen atoms in total. The molecule has 0 radical (unpaired) electrons. The van der Waals surface area contributed by atoms with Gasteiger partial charge in [-0.2, -0.15) is 0 Å². The number of furan rings is 1. The molecule has 0 bridgehead atoms. The Bertz CT molecular complexity index is 1540. The van der Waals surface area contributed by atoms with E-state index in [-0.39, 0.29) is 22.8 Å². The summed E-state index contributed by atoms with van der Waals surface area (Å²) in [5.74, 6) is 1.11. The number of fused-ring (bicyclic) bond motifs is 3. The van der Waals surface area contributed by atoms with Crippen LogP contribution in [0.5, 0.6) is 0 Å². The fourth-order valence-electron chi connectivity index (χ4n) is 5.50. The summed E-state index contributed by atoms with van der Waals surface area (Å²) in [6, 6.07) is 22.5. The maximum atomic E-state index is 13.5. The first-order valence-corrected chi connectivity index (χ1v) is 11.7. The molecule has 0 amide bonds. The Kier molecular flexibility index (Phi) is 4.68. The Morgan fingerprint density at radius 3 is 2.51 bits per heavy atom. The number of carbonyl (C=O) groups is 1. The van der Waals surface area contributed by atoms with Crippen LogP contribution in [0.15, 0.2) is 88.5 Å². The number of ketones is 1. The van der Waals surface area contributed by atoms with Crippen molar-refractivity contribution in [2.45, 2.75) is 32.6 Å². The first-order valence-electron chi connectivity index (χ1n) is 11.7. The third-order valence-corrected chi connectivity index (χ3v) is 7.03. The molecule has 6 rings (SSSR count). The average molecular weight is 465 g/mol. The molecule has 174 valence electrons. The van der Waals surface area contributed by atoms with Crippen LogP contribution in [0.4, 0.5) is 11.4 Å². The van der Waals surface area contributed by atoms with Gasteiger partial charge in [0.2, 0.25) is 0 Å². The molecule has 0 saturated carbocycles. The smallest absolute Gasteiger partial charge is 0.269 e. The molecule has 1 aliphatic carbocycles. The van der Waals surface area contributed by atoms with E-state index in [1.807, 2.05) is 24.3 Å². The van der Waals surface area contributed by atoms with Crippen molar-refractivity contribution in [2.75, 3.05) is 5.32 Å². The molecule has 1 unspecified atom stereocenters. The largest absolute Gasteiger partial charge is 0.460 e. The van der Waals surface area contributed by atoms with Gasteiger partial charge in [-0.3, -0.25) is 14.9 Å². The van der Waals surface area contributed by atoms with E-state index in [1.54, 1.807) is 12.1 Å². The van der Waals surface area contributed by atoms with Crippen LogP contribution in [0.3, 0.4) is 0 Å². The predicted octanol–water partition coefficient (Wildman–Crippen LogP) is 7.21. The molecule has 0 spiro atoms. The maximum Gasteiger partial charge on any atom is 0.269 e. The van der Waals surface area contributed by atoms with Crippen LogP contribution in [0, 0.1) is 15.5 Å². The number of Topliss-reactive ketones (excluding diaryl/α,β-unsaturated/α-hetero) is 1. The van der Waals surface area contributed by atoms with Gasteiger partial charge in [-0.1, -0.05) is 44.2 Å². The second kappa shape index (κ2) is 7.67. The quantitative estimate of drug-likeness (QED) is 0.256. The zero-order valence-electron chi connectivity index (χ0n) is 19.5. The number of hydrogen-bond acceptors (Lipinski definition) is 5. The highest BCUT2D eigenvalue weighted by Crippen LogP contribution is 2.51. The van der Waals surface area contributed by atoms with Gasteiger partial charge in [-0.05, 0) is 58.5 Å². The molecule has 35 heavy (non-hydrogen) atoms. The second-order valence-electron chi connectivity index (χ2n) is 10.1. The average Bonchev–Trinajstić information content (AvgIpc) is 3.32. The Balaban J connectivity index is 1.53. The lowest BCUT2D eigenvalue weighted by atomic mass is 9.69. The Morgan fingerprint density at radius 2 is 1.74 bits per heavy atom. The van der Waals surface area contributed by atoms with Crippen molar-refractivity contribution in [3.63, 3.8) is 0 Å². The summed E-state index contributed by atoms with van der Waals surface area (Å²) in [7, 11) is 0. The van der Waals surface area contributed by atoms with E-state index in [9.17, 15) is 14.9 Å². The molecule has 1 aromatic heterocycles. The maximum absolute atomic E-state index is 13.5. The number of nitro benzene ring substituents is 1. The van der Waals surface area contributed by atoms with Crippen molar-refractivity contribution >= 4 is 27.9 Å². The van der Waals surface area contributed by atoms with Gasteiger partial charge in [0.25, 0.3) is 5.69 Å². The van der Waals surface area contributed by atoms with Crippen LogP contribution >= 0.6 is 0 Å². The molecule has 1 N–H and O–H groups in total. The van der Waals surface area contributed by atoms with Gasteiger partial charge < -0.3 is 9.73 Å². The van der Waals surface area contributed by atoms with E-state index in [2.05, 4.69) is 43.4 Å². The zero-order chi connectivity index (χ0) is 24.3. The summed E-state index contributed by atoms with van der Waals surface area (Å²) in [6.07, 6.45) is 1.27. The minimum atomic E-state index is -0.418. The van der Waals surface area contributed by atoms with E-state index in [1.165, 1.54) is 12.1 Å². The number of nitrogens with zero attached hydrogens (tertiary/aromatic N) is 1. The SMILES string of the molecule is CC1(C)CC(=O)C2=C(C1)Nc1ccc3ccccc3c1C2c1ccc(-c2ccc([N+](=O)[O-])cc2)o1. The van der Waals surface area contributed by atoms with Crippen LogP contribution < -0.4 is 5.32 Å². The summed E-state index contributed by atoms with van der Waals surface area (Å²) in [5, 5.41) is 16.8. The monoisotopic (exact) mass is 464 g/mol. The van der Waals surface area contributed by atoms with Crippen molar-refractivity contribution in [2.24, 2.45) is 5.41 Å². The topological polar surface area (TPSA) is 85.4 Å². The highest BCUT2D eigenvalue weighted by Gasteiger charge is 2.42. The van der Waals surface area contributed by atoms with Crippen LogP contribution in [-0.2, 0) is 4.79 Å². The Labute approximate surface area is 202 Å². The van der Waals surface area contributed by atoms with Crippen molar-refractivity contribution in [3.8, 4) is 11.3 Å². The number of anilines is 1. The third kappa shape index (κ3) is 3.53. The van der Waals surface area contributed by atoms with E-state index < -0.39 is 4.92 Å². The van der Waals surface area contributed by atoms with Gasteiger partial charge >= 0.3 is 0 Å². The number of rotatable bonds is 3. The lowest BCUT2D eigenvalue weighted by Crippen LogP contribution is -2.33. The molecule has 6 heteroatoms. The molecule has 4 aromatic rings. The standard InChI is InChI=1S/C29H24N2O4/c1-29(2)15-22-27(23(32)16-29)28(26-20-6-4-3-5-17(20)9-12-21(26)30-22)25-14-13-24(35-25)18-7-10-19(11-8-18)31(33)34/h3-14,28,30H,15-16H2,1-2H3. The van der Waals surface area contributed by atoms with Gasteiger partial charge in [0.15, 0.2) is 5.78 Å². The summed E-state index contributed by atoms with van der Waals surface area (Å²) >= 11 is 0. The fraction of sp³-hybridized carbons (Fsp3) is 0.207. The van der Waals surface area contributed by atoms with Crippen LogP contribution in [0.1, 0.15) is 43.9 Å². The fourth-order valence-corrected chi connectivity index (χ4v) is 5.50. The minimum absolute atomic E-state index is 0.0319. The molecule has 2 aliphatic rings. The molecule has 0 saturated heterocycles. The number of nitrogens with one attached hydrogen (secondary N) is 1. The third-order valence-electron chi connectivity index (χ3n) is 7.03. The number of allylic oxidation sites excluding steroid dienone is 2. The molecule has 0 fully saturated rings. The first-order chi connectivity index (χ1) is 16.8. The van der Waals surface area contributed by atoms with Crippen molar-refractivity contribution < 1.29 is 14.1 Å². The van der Waals surface area contributed by atoms with Gasteiger partial charge in [0, 0.05) is 41.1 Å². The van der Waals surface area contributed by atoms with E-state index in [4.69, 9.17) is 4.42 Å². The lowest BCUT2D eigenvalue weighted by molar-refractivity contribution is -0.384. The van der Waals surface area contributed by atoms with Crippen LogP contribution in [0.2, 0.25) is 0 Å². The number of benzene rings is 3. The normalized spacial score (nSPS) is 18.7. The number of carbonyl (C=O) groups excluding carboxylic acids is 1. The van der Waals surface area contributed by atoms with Crippen molar-refractivity contribution in [3.05, 3.63) is 106 Å². The van der Waals surface area contributed by atoms with Crippen LogP contribution in [-0.4, -0.2) is 10.7 Å². The second-order valence-corrected chi connectivity index (χ2v) is 10.1. The number of non-ortho nitro benzene ring substituents is 1. The van der Waals surface area contributed by atoms with Crippen molar-refractivity contribution in [1.29, 1.82) is 0 Å². The van der Waals surface area contributed by atoms with E-state index in [0.29, 0.717) is 17.9 Å². The van der Waals surface area contributed by atoms with Gasteiger partial charge in [-0.15, -0.1) is 0 Å². The molecule has 1 aliphatic heterocycles. The molecule has 2 heterocycles. The highest BCUT2D eigenvalue weighted by atomic mass is 16.6. The Morgan fingerprint density at radius 1 is 0.971 bits per heavy atom. The number of nitro groups is 1. The first kappa shape index (κ1) is 21.4. The highest BCUT2D eigenvalue weighted by molar-refractivity contribution is 6.04. The van der Waals surface area contributed by atoms with E-state index >= 15 is 0 Å². The molecular formula is C29H24N2O4. The summed E-state index contributed by atoms with van der Waals surface area (Å²) in [5.41, 5.74) is 4.44. The predicted molar refractivity (Wildman–Crippen MR) is 135 cm³/mol. The van der Waals surface area contributed by atoms with E-state index in [0.717, 1.165) is 45.3 Å². The van der Waals surface area contributed by atoms with Crippen LogP contribution in [0.25, 0.3) is 22.1 Å². The lowest BCUT2D eigenvalue weighted by Gasteiger charge is -2.39. The zero-order valence-corrected chi connectivity index (χ0v) is 19.5. The van der Waals surface area contributed by atoms with Gasteiger partial charge in [0.05, 0.1) is 10.8 Å². The summed E-state index contributed by atoms with van der Waals surface area (Å²) < 4.78 is 6.38. The molecular weight excluding hydrogens is 440 g/mol. The number of hydrogen-bond donors (Lipinski definition) is 1. The van der Waals surface area contributed by atoms with Crippen molar-refractivity contribution in [1.82, 2.24) is 0 Å². The minimum Gasteiger partial charge on any atom is -0.460 e. The summed E-state index contributed by atoms with van der Waals surface area (Å²) in [4.78, 5) is 24.2. The molecule has 3 aromatic carbocycles.